The molecule has 0 atom stereocenters. The molecule has 1 aromatic rings. The molecular weight excluding hydrogens is 340 g/mol. The molecule has 0 radical (unpaired) electrons. The van der Waals surface area contributed by atoms with Gasteiger partial charge in [-0.15, -0.1) is 0 Å². The fourth-order valence-electron chi connectivity index (χ4n) is 4.38. The zero-order valence-corrected chi connectivity index (χ0v) is 15.1. The smallest absolute Gasteiger partial charge is 0.407 e. The van der Waals surface area contributed by atoms with E-state index in [1.165, 1.54) is 5.56 Å². The van der Waals surface area contributed by atoms with Crippen LogP contribution >= 0.6 is 11.6 Å². The highest BCUT2D eigenvalue weighted by Crippen LogP contribution is 2.42. The Kier molecular flexibility index (Phi) is 4.14. The quantitative estimate of drug-likeness (QED) is 0.878. The zero-order valence-electron chi connectivity index (χ0n) is 14.4. The van der Waals surface area contributed by atoms with Gasteiger partial charge in [-0.3, -0.25) is 4.79 Å². The van der Waals surface area contributed by atoms with E-state index >= 15 is 0 Å². The van der Waals surface area contributed by atoms with Crippen molar-refractivity contribution in [1.29, 1.82) is 0 Å². The van der Waals surface area contributed by atoms with E-state index in [-0.39, 0.29) is 23.5 Å². The van der Waals surface area contributed by atoms with Crippen LogP contribution in [-0.2, 0) is 9.53 Å². The summed E-state index contributed by atoms with van der Waals surface area (Å²) in [7, 11) is 0. The highest BCUT2D eigenvalue weighted by Gasteiger charge is 2.53. The first-order chi connectivity index (χ1) is 12.0. The summed E-state index contributed by atoms with van der Waals surface area (Å²) >= 11 is 6.11. The van der Waals surface area contributed by atoms with Gasteiger partial charge in [-0.25, -0.2) is 4.79 Å². The van der Waals surface area contributed by atoms with E-state index in [0.717, 1.165) is 36.5 Å². The zero-order chi connectivity index (χ0) is 17.6. The normalized spacial score (nSPS) is 29.3. The molecule has 0 unspecified atom stereocenters. The molecule has 1 spiro atoms. The SMILES string of the molecule is Cc1cc(C2CCN(C(=O)C3CC4(COC(=O)N4)C3)CC2)ccc1Cl. The number of amides is 2. The molecule has 1 saturated carbocycles. The van der Waals surface area contributed by atoms with Gasteiger partial charge in [-0.1, -0.05) is 23.7 Å². The number of cyclic esters (lactones) is 1. The lowest BCUT2D eigenvalue weighted by atomic mass is 9.68. The maximum Gasteiger partial charge on any atom is 0.407 e. The molecule has 2 heterocycles. The molecule has 6 heteroatoms. The van der Waals surface area contributed by atoms with Crippen LogP contribution in [0.3, 0.4) is 0 Å². The van der Waals surface area contributed by atoms with Gasteiger partial charge in [0.2, 0.25) is 5.91 Å². The molecule has 134 valence electrons. The van der Waals surface area contributed by atoms with Gasteiger partial charge in [-0.05, 0) is 55.7 Å². The number of nitrogens with zero attached hydrogens (tertiary/aromatic N) is 1. The largest absolute Gasteiger partial charge is 0.447 e. The maximum absolute atomic E-state index is 12.7. The number of alkyl carbamates (subject to hydrolysis) is 1. The molecule has 0 aromatic heterocycles. The number of ether oxygens (including phenoxy) is 1. The van der Waals surface area contributed by atoms with E-state index in [1.807, 2.05) is 17.9 Å². The second-order valence-corrected chi connectivity index (χ2v) is 8.10. The van der Waals surface area contributed by atoms with E-state index in [4.69, 9.17) is 16.3 Å². The fourth-order valence-corrected chi connectivity index (χ4v) is 4.50. The molecule has 2 amide bonds. The van der Waals surface area contributed by atoms with Gasteiger partial charge in [0.1, 0.15) is 6.61 Å². The number of halogens is 1. The number of benzene rings is 1. The molecule has 4 rings (SSSR count). The number of hydrogen-bond acceptors (Lipinski definition) is 3. The molecule has 25 heavy (non-hydrogen) atoms. The summed E-state index contributed by atoms with van der Waals surface area (Å²) < 4.78 is 4.98. The summed E-state index contributed by atoms with van der Waals surface area (Å²) in [5, 5.41) is 3.65. The van der Waals surface area contributed by atoms with E-state index in [0.29, 0.717) is 25.4 Å². The number of carbonyl (C=O) groups is 2. The Bertz CT molecular complexity index is 707. The van der Waals surface area contributed by atoms with Crippen LogP contribution in [0.5, 0.6) is 0 Å². The molecule has 1 aromatic carbocycles. The van der Waals surface area contributed by atoms with Gasteiger partial charge >= 0.3 is 6.09 Å². The number of likely N-dealkylation sites (tertiary alicyclic amines) is 1. The minimum Gasteiger partial charge on any atom is -0.447 e. The van der Waals surface area contributed by atoms with Gasteiger partial charge in [0.15, 0.2) is 0 Å². The summed E-state index contributed by atoms with van der Waals surface area (Å²) in [5.74, 6) is 0.754. The molecule has 2 saturated heterocycles. The fraction of sp³-hybridized carbons (Fsp3) is 0.579. The summed E-state index contributed by atoms with van der Waals surface area (Å²) in [4.78, 5) is 25.9. The summed E-state index contributed by atoms with van der Waals surface area (Å²) in [6.07, 6.45) is 3.03. The van der Waals surface area contributed by atoms with Crippen molar-refractivity contribution in [2.24, 2.45) is 5.92 Å². The van der Waals surface area contributed by atoms with Crippen LogP contribution in [0.15, 0.2) is 18.2 Å². The first-order valence-corrected chi connectivity index (χ1v) is 9.33. The van der Waals surface area contributed by atoms with Crippen molar-refractivity contribution in [2.75, 3.05) is 19.7 Å². The van der Waals surface area contributed by atoms with E-state index < -0.39 is 0 Å². The predicted octanol–water partition coefficient (Wildman–Crippen LogP) is 3.24. The molecule has 3 fully saturated rings. The summed E-state index contributed by atoms with van der Waals surface area (Å²) in [6.45, 7) is 4.03. The van der Waals surface area contributed by atoms with Crippen molar-refractivity contribution in [1.82, 2.24) is 10.2 Å². The molecule has 3 aliphatic rings. The Morgan fingerprint density at radius 2 is 2.04 bits per heavy atom. The number of carbonyl (C=O) groups excluding carboxylic acids is 2. The first-order valence-electron chi connectivity index (χ1n) is 8.96. The van der Waals surface area contributed by atoms with Gasteiger partial charge in [-0.2, -0.15) is 0 Å². The highest BCUT2D eigenvalue weighted by atomic mass is 35.5. The second kappa shape index (κ2) is 6.20. The molecular formula is C19H23ClN2O3. The van der Waals surface area contributed by atoms with Gasteiger partial charge in [0.25, 0.3) is 0 Å². The molecule has 0 bridgehead atoms. The van der Waals surface area contributed by atoms with Crippen molar-refractivity contribution in [3.63, 3.8) is 0 Å². The van der Waals surface area contributed by atoms with Crippen LogP contribution in [0.1, 0.15) is 42.7 Å². The van der Waals surface area contributed by atoms with Gasteiger partial charge < -0.3 is 15.0 Å². The number of nitrogens with one attached hydrogen (secondary N) is 1. The Labute approximate surface area is 152 Å². The number of aryl methyl sites for hydroxylation is 1. The van der Waals surface area contributed by atoms with E-state index in [1.54, 1.807) is 0 Å². The number of rotatable bonds is 2. The average Bonchev–Trinajstić information content (AvgIpc) is 2.98. The Morgan fingerprint density at radius 3 is 2.64 bits per heavy atom. The third kappa shape index (κ3) is 3.10. The van der Waals surface area contributed by atoms with Crippen LogP contribution in [0, 0.1) is 12.8 Å². The predicted molar refractivity (Wildman–Crippen MR) is 94.7 cm³/mol. The minimum atomic E-state index is -0.357. The number of hydrogen-bond donors (Lipinski definition) is 1. The van der Waals surface area contributed by atoms with Crippen molar-refractivity contribution in [2.45, 2.75) is 44.1 Å². The van der Waals surface area contributed by atoms with Crippen LogP contribution in [-0.4, -0.2) is 42.1 Å². The Morgan fingerprint density at radius 1 is 1.32 bits per heavy atom. The molecule has 1 aliphatic carbocycles. The summed E-state index contributed by atoms with van der Waals surface area (Å²) in [5.41, 5.74) is 2.15. The minimum absolute atomic E-state index is 0.0244. The standard InChI is InChI=1S/C19H23ClN2O3/c1-12-8-14(2-3-16(12)20)13-4-6-22(7-5-13)17(23)15-9-19(10-15)11-25-18(24)21-19/h2-3,8,13,15H,4-7,9-11H2,1H3,(H,21,24). The van der Waals surface area contributed by atoms with Crippen molar-refractivity contribution < 1.29 is 14.3 Å². The van der Waals surface area contributed by atoms with E-state index in [9.17, 15) is 9.59 Å². The molecule has 2 aliphatic heterocycles. The van der Waals surface area contributed by atoms with Crippen LogP contribution < -0.4 is 5.32 Å². The third-order valence-corrected chi connectivity index (χ3v) is 6.35. The van der Waals surface area contributed by atoms with Crippen molar-refractivity contribution in [3.8, 4) is 0 Å². The molecule has 5 nitrogen and oxygen atoms in total. The van der Waals surface area contributed by atoms with Gasteiger partial charge in [0.05, 0.1) is 5.54 Å². The molecule has 1 N–H and O–H groups in total. The van der Waals surface area contributed by atoms with Crippen molar-refractivity contribution in [3.05, 3.63) is 34.3 Å². The lowest BCUT2D eigenvalue weighted by Gasteiger charge is -2.45. The maximum atomic E-state index is 12.7. The lowest BCUT2D eigenvalue weighted by Crippen LogP contribution is -2.58. The Hall–Kier alpha value is -1.75. The summed E-state index contributed by atoms with van der Waals surface area (Å²) in [6, 6.07) is 6.24. The van der Waals surface area contributed by atoms with Crippen LogP contribution in [0.4, 0.5) is 4.79 Å². The lowest BCUT2D eigenvalue weighted by molar-refractivity contribution is -0.142. The third-order valence-electron chi connectivity index (χ3n) is 5.93. The van der Waals surface area contributed by atoms with E-state index in [2.05, 4.69) is 17.4 Å². The van der Waals surface area contributed by atoms with Crippen LogP contribution in [0.2, 0.25) is 5.02 Å². The second-order valence-electron chi connectivity index (χ2n) is 7.69. The van der Waals surface area contributed by atoms with Gasteiger partial charge in [0, 0.05) is 24.0 Å². The Balaban J connectivity index is 1.31. The number of piperidine rings is 1. The topological polar surface area (TPSA) is 58.6 Å². The highest BCUT2D eigenvalue weighted by molar-refractivity contribution is 6.31. The van der Waals surface area contributed by atoms with Crippen molar-refractivity contribution >= 4 is 23.6 Å². The van der Waals surface area contributed by atoms with Crippen LogP contribution in [0.25, 0.3) is 0 Å². The average molecular weight is 363 g/mol. The monoisotopic (exact) mass is 362 g/mol. The first kappa shape index (κ1) is 16.7.